The number of aryl methyl sites for hydroxylation is 1. The molecule has 1 aliphatic heterocycles. The third kappa shape index (κ3) is 2.21. The second kappa shape index (κ2) is 4.93. The van der Waals surface area contributed by atoms with Crippen molar-refractivity contribution in [1.82, 2.24) is 14.9 Å². The van der Waals surface area contributed by atoms with Gasteiger partial charge in [0.25, 0.3) is 0 Å². The third-order valence-electron chi connectivity index (χ3n) is 4.83. The van der Waals surface area contributed by atoms with Crippen LogP contribution in [0.25, 0.3) is 0 Å². The summed E-state index contributed by atoms with van der Waals surface area (Å²) in [5.41, 5.74) is 0.279. The Labute approximate surface area is 128 Å². The van der Waals surface area contributed by atoms with Crippen LogP contribution in [-0.2, 0) is 23.2 Å². The highest BCUT2D eigenvalue weighted by Crippen LogP contribution is 2.48. The van der Waals surface area contributed by atoms with E-state index < -0.39 is 5.41 Å². The van der Waals surface area contributed by atoms with Gasteiger partial charge in [0.1, 0.15) is 11.6 Å². The van der Waals surface area contributed by atoms with Gasteiger partial charge in [0.2, 0.25) is 5.91 Å². The molecule has 1 amide bonds. The van der Waals surface area contributed by atoms with E-state index >= 15 is 0 Å². The molecule has 4 rings (SSSR count). The average Bonchev–Trinajstić information content (AvgIpc) is 3.20. The summed E-state index contributed by atoms with van der Waals surface area (Å²) in [6.07, 6.45) is 7.13. The second-order valence-electron chi connectivity index (χ2n) is 6.30. The number of halogens is 1. The molecule has 1 atom stereocenters. The summed E-state index contributed by atoms with van der Waals surface area (Å²) in [6.45, 7) is 0.764. The molecule has 0 saturated heterocycles. The van der Waals surface area contributed by atoms with Crippen molar-refractivity contribution in [3.8, 4) is 0 Å². The Hall–Kier alpha value is -2.17. The molecule has 1 fully saturated rings. The summed E-state index contributed by atoms with van der Waals surface area (Å²) >= 11 is 0. The van der Waals surface area contributed by atoms with Crippen molar-refractivity contribution in [2.24, 2.45) is 0 Å². The van der Waals surface area contributed by atoms with Crippen molar-refractivity contribution in [3.05, 3.63) is 53.9 Å². The fraction of sp³-hybridized carbons (Fsp3) is 0.412. The van der Waals surface area contributed by atoms with Gasteiger partial charge in [0, 0.05) is 31.4 Å². The smallest absolute Gasteiger partial charge is 0.230 e. The quantitative estimate of drug-likeness (QED) is 0.944. The van der Waals surface area contributed by atoms with Gasteiger partial charge in [-0.3, -0.25) is 4.79 Å². The molecule has 2 aliphatic rings. The van der Waals surface area contributed by atoms with Gasteiger partial charge in [-0.05, 0) is 37.0 Å². The highest BCUT2D eigenvalue weighted by atomic mass is 19.1. The number of carbonyl (C=O) groups is 1. The summed E-state index contributed by atoms with van der Waals surface area (Å²) < 4.78 is 15.5. The number of nitrogens with one attached hydrogen (secondary N) is 1. The molecule has 1 saturated carbocycles. The van der Waals surface area contributed by atoms with E-state index in [0.717, 1.165) is 43.6 Å². The Bertz CT molecular complexity index is 720. The van der Waals surface area contributed by atoms with Crippen LogP contribution in [0.15, 0.2) is 36.7 Å². The minimum Gasteiger partial charge on any atom is -0.351 e. The number of nitrogens with zero attached hydrogens (tertiary/aromatic N) is 2. The number of benzene rings is 1. The summed E-state index contributed by atoms with van der Waals surface area (Å²) in [5.74, 6) is 0.834. The summed E-state index contributed by atoms with van der Waals surface area (Å²) in [5, 5.41) is 3.16. The largest absolute Gasteiger partial charge is 0.351 e. The van der Waals surface area contributed by atoms with Crippen molar-refractivity contribution in [2.75, 3.05) is 0 Å². The normalized spacial score (nSPS) is 22.0. The first kappa shape index (κ1) is 13.5. The number of carbonyl (C=O) groups excluding carboxylic acids is 1. The molecular formula is C17H18FN3O. The molecule has 2 heterocycles. The molecule has 0 bridgehead atoms. The van der Waals surface area contributed by atoms with Crippen molar-refractivity contribution >= 4 is 5.91 Å². The van der Waals surface area contributed by atoms with Gasteiger partial charge in [0.15, 0.2) is 0 Å². The summed E-state index contributed by atoms with van der Waals surface area (Å²) in [6, 6.07) is 6.56. The maximum atomic E-state index is 13.4. The fourth-order valence-electron chi connectivity index (χ4n) is 3.37. The van der Waals surface area contributed by atoms with E-state index in [4.69, 9.17) is 0 Å². The molecule has 0 spiro atoms. The van der Waals surface area contributed by atoms with E-state index in [1.54, 1.807) is 12.3 Å². The molecule has 1 aromatic carbocycles. The first-order valence-electron chi connectivity index (χ1n) is 7.74. The molecule has 0 unspecified atom stereocenters. The topological polar surface area (TPSA) is 46.9 Å². The van der Waals surface area contributed by atoms with Gasteiger partial charge >= 0.3 is 0 Å². The van der Waals surface area contributed by atoms with E-state index in [2.05, 4.69) is 14.9 Å². The molecular weight excluding hydrogens is 281 g/mol. The lowest BCUT2D eigenvalue weighted by molar-refractivity contribution is -0.124. The predicted octanol–water partition coefficient (Wildman–Crippen LogP) is 2.18. The van der Waals surface area contributed by atoms with Crippen LogP contribution in [0.1, 0.15) is 30.7 Å². The van der Waals surface area contributed by atoms with E-state index in [-0.39, 0.29) is 17.8 Å². The highest BCUT2D eigenvalue weighted by Gasteiger charge is 2.51. The van der Waals surface area contributed by atoms with Gasteiger partial charge in [0.05, 0.1) is 5.41 Å². The first-order chi connectivity index (χ1) is 10.7. The number of aromatic nitrogens is 2. The molecule has 114 valence electrons. The maximum Gasteiger partial charge on any atom is 0.230 e. The maximum absolute atomic E-state index is 13.4. The zero-order valence-corrected chi connectivity index (χ0v) is 12.3. The molecule has 4 nitrogen and oxygen atoms in total. The number of imidazole rings is 1. The summed E-state index contributed by atoms with van der Waals surface area (Å²) in [7, 11) is 0. The third-order valence-corrected chi connectivity index (χ3v) is 4.83. The van der Waals surface area contributed by atoms with Crippen LogP contribution in [0.3, 0.4) is 0 Å². The number of fused-ring (bicyclic) bond motifs is 1. The SMILES string of the molecule is O=C(N[C@H]1CCc2nccn2C1)C1(c2cccc(F)c2)CC1. The highest BCUT2D eigenvalue weighted by molar-refractivity contribution is 5.91. The molecule has 1 N–H and O–H groups in total. The van der Waals surface area contributed by atoms with Gasteiger partial charge in [-0.15, -0.1) is 0 Å². The standard InChI is InChI=1S/C17H18FN3O/c18-13-3-1-2-12(10-13)17(6-7-17)16(22)20-14-4-5-15-19-8-9-21(15)11-14/h1-3,8-10,14H,4-7,11H2,(H,20,22)/t14-/m0/s1. The molecule has 22 heavy (non-hydrogen) atoms. The number of rotatable bonds is 3. The summed E-state index contributed by atoms with van der Waals surface area (Å²) in [4.78, 5) is 17.0. The molecule has 1 aliphatic carbocycles. The zero-order valence-electron chi connectivity index (χ0n) is 12.3. The molecule has 5 heteroatoms. The fourth-order valence-corrected chi connectivity index (χ4v) is 3.37. The molecule has 0 radical (unpaired) electrons. The van der Waals surface area contributed by atoms with Gasteiger partial charge < -0.3 is 9.88 Å². The van der Waals surface area contributed by atoms with Crippen molar-refractivity contribution in [2.45, 2.75) is 43.7 Å². The predicted molar refractivity (Wildman–Crippen MR) is 79.8 cm³/mol. The van der Waals surface area contributed by atoms with E-state index in [0.29, 0.717) is 0 Å². The Morgan fingerprint density at radius 1 is 1.41 bits per heavy atom. The molecule has 1 aromatic heterocycles. The molecule has 2 aromatic rings. The lowest BCUT2D eigenvalue weighted by atomic mass is 9.94. The lowest BCUT2D eigenvalue weighted by Crippen LogP contribution is -2.45. The monoisotopic (exact) mass is 299 g/mol. The first-order valence-corrected chi connectivity index (χ1v) is 7.74. The van der Waals surface area contributed by atoms with Gasteiger partial charge in [-0.2, -0.15) is 0 Å². The Morgan fingerprint density at radius 2 is 2.27 bits per heavy atom. The number of amides is 1. The van der Waals surface area contributed by atoms with E-state index in [9.17, 15) is 9.18 Å². The minimum atomic E-state index is -0.517. The van der Waals surface area contributed by atoms with E-state index in [1.165, 1.54) is 12.1 Å². The van der Waals surface area contributed by atoms with Crippen LogP contribution in [-0.4, -0.2) is 21.5 Å². The average molecular weight is 299 g/mol. The van der Waals surface area contributed by atoms with Crippen LogP contribution in [0, 0.1) is 5.82 Å². The van der Waals surface area contributed by atoms with E-state index in [1.807, 2.05) is 12.3 Å². The van der Waals surface area contributed by atoms with Crippen molar-refractivity contribution < 1.29 is 9.18 Å². The van der Waals surface area contributed by atoms with Crippen molar-refractivity contribution in [1.29, 1.82) is 0 Å². The second-order valence-corrected chi connectivity index (χ2v) is 6.30. The Balaban J connectivity index is 1.49. The van der Waals surface area contributed by atoms with Crippen molar-refractivity contribution in [3.63, 3.8) is 0 Å². The minimum absolute atomic E-state index is 0.0339. The van der Waals surface area contributed by atoms with Crippen LogP contribution in [0.5, 0.6) is 0 Å². The Kier molecular flexibility index (Phi) is 3.03. The van der Waals surface area contributed by atoms with Crippen LogP contribution >= 0.6 is 0 Å². The van der Waals surface area contributed by atoms with Crippen LogP contribution in [0.4, 0.5) is 4.39 Å². The van der Waals surface area contributed by atoms with Crippen LogP contribution in [0.2, 0.25) is 0 Å². The zero-order chi connectivity index (χ0) is 15.2. The Morgan fingerprint density at radius 3 is 3.05 bits per heavy atom. The van der Waals surface area contributed by atoms with Gasteiger partial charge in [-0.25, -0.2) is 9.37 Å². The number of hydrogen-bond acceptors (Lipinski definition) is 2. The lowest BCUT2D eigenvalue weighted by Gasteiger charge is -2.27. The number of hydrogen-bond donors (Lipinski definition) is 1. The van der Waals surface area contributed by atoms with Crippen LogP contribution < -0.4 is 5.32 Å². The van der Waals surface area contributed by atoms with Gasteiger partial charge in [-0.1, -0.05) is 12.1 Å².